The molecule has 1 aliphatic heterocycles. The van der Waals surface area contributed by atoms with Crippen LogP contribution < -0.4 is 4.90 Å². The normalized spacial score (nSPS) is 18.3. The second-order valence-electron chi connectivity index (χ2n) is 6.13. The van der Waals surface area contributed by atoms with Crippen LogP contribution in [0.1, 0.15) is 22.3 Å². The molecule has 0 aliphatic carbocycles. The predicted octanol–water partition coefficient (Wildman–Crippen LogP) is 3.24. The molecule has 1 aliphatic rings. The second-order valence-corrected chi connectivity index (χ2v) is 6.57. The molecule has 138 valence electrons. The number of benzene rings is 2. The molecule has 0 spiro atoms. The third kappa shape index (κ3) is 3.22. The number of halogens is 1. The fourth-order valence-electron chi connectivity index (χ4n) is 3.13. The standard InChI is InChI=1S/C19H15ClN2O5/c1-2-8-21-16-7-6-13(20)10-15(16)19(25,18(21)24)11-17(23)12-4-3-5-14(9-12)22(26)27/h2-7,9-10,25H,1,8,11H2/t19-/m1/s1. The molecular weight excluding hydrogens is 372 g/mol. The zero-order valence-corrected chi connectivity index (χ0v) is 14.8. The van der Waals surface area contributed by atoms with Crippen LogP contribution in [-0.2, 0) is 10.4 Å². The van der Waals surface area contributed by atoms with Gasteiger partial charge in [0.2, 0.25) is 0 Å². The molecule has 0 saturated carbocycles. The SMILES string of the molecule is C=CCN1C(=O)[C@@](O)(CC(=O)c2cccc([N+](=O)[O-])c2)c2cc(Cl)ccc21. The molecule has 8 heteroatoms. The van der Waals surface area contributed by atoms with Crippen molar-refractivity contribution in [1.82, 2.24) is 0 Å². The van der Waals surface area contributed by atoms with Gasteiger partial charge in [-0.25, -0.2) is 0 Å². The Bertz CT molecular complexity index is 974. The Balaban J connectivity index is 2.00. The van der Waals surface area contributed by atoms with Gasteiger partial charge in [-0.2, -0.15) is 0 Å². The summed E-state index contributed by atoms with van der Waals surface area (Å²) < 4.78 is 0. The highest BCUT2D eigenvalue weighted by Crippen LogP contribution is 2.44. The number of nitro benzene ring substituents is 1. The minimum Gasteiger partial charge on any atom is -0.375 e. The van der Waals surface area contributed by atoms with Crippen LogP contribution in [0.3, 0.4) is 0 Å². The minimum atomic E-state index is -2.11. The molecule has 3 rings (SSSR count). The Morgan fingerprint density at radius 1 is 1.33 bits per heavy atom. The van der Waals surface area contributed by atoms with Gasteiger partial charge in [0.1, 0.15) is 0 Å². The number of hydrogen-bond acceptors (Lipinski definition) is 5. The number of aliphatic hydroxyl groups is 1. The highest BCUT2D eigenvalue weighted by molar-refractivity contribution is 6.31. The van der Waals surface area contributed by atoms with Crippen LogP contribution in [0.25, 0.3) is 0 Å². The summed E-state index contributed by atoms with van der Waals surface area (Å²) in [6.07, 6.45) is 0.943. The van der Waals surface area contributed by atoms with Gasteiger partial charge in [-0.05, 0) is 18.2 Å². The van der Waals surface area contributed by atoms with Crippen molar-refractivity contribution < 1.29 is 19.6 Å². The van der Waals surface area contributed by atoms with Gasteiger partial charge in [0.05, 0.1) is 17.0 Å². The number of ketones is 1. The molecule has 0 unspecified atom stereocenters. The maximum absolute atomic E-state index is 12.9. The van der Waals surface area contributed by atoms with Crippen LogP contribution in [0.15, 0.2) is 55.1 Å². The predicted molar refractivity (Wildman–Crippen MR) is 99.9 cm³/mol. The molecule has 2 aromatic rings. The van der Waals surface area contributed by atoms with E-state index in [9.17, 15) is 24.8 Å². The molecule has 0 radical (unpaired) electrons. The Morgan fingerprint density at radius 2 is 2.07 bits per heavy atom. The fourth-order valence-corrected chi connectivity index (χ4v) is 3.30. The van der Waals surface area contributed by atoms with Crippen molar-refractivity contribution in [3.8, 4) is 0 Å². The van der Waals surface area contributed by atoms with Gasteiger partial charge < -0.3 is 10.0 Å². The average molecular weight is 387 g/mol. The van der Waals surface area contributed by atoms with Crippen molar-refractivity contribution in [3.05, 3.63) is 81.4 Å². The lowest BCUT2D eigenvalue weighted by molar-refractivity contribution is -0.384. The molecule has 0 saturated heterocycles. The largest absolute Gasteiger partial charge is 0.375 e. The monoisotopic (exact) mass is 386 g/mol. The van der Waals surface area contributed by atoms with Crippen molar-refractivity contribution >= 4 is 34.7 Å². The molecule has 0 fully saturated rings. The van der Waals surface area contributed by atoms with Gasteiger partial charge in [0.15, 0.2) is 11.4 Å². The smallest absolute Gasteiger partial charge is 0.270 e. The summed E-state index contributed by atoms with van der Waals surface area (Å²) in [4.78, 5) is 37.1. The summed E-state index contributed by atoms with van der Waals surface area (Å²) in [6.45, 7) is 3.75. The van der Waals surface area contributed by atoms with E-state index in [0.717, 1.165) is 6.07 Å². The number of carbonyl (C=O) groups is 2. The summed E-state index contributed by atoms with van der Waals surface area (Å²) in [5.41, 5.74) is -1.65. The molecule has 7 nitrogen and oxygen atoms in total. The molecule has 1 heterocycles. The van der Waals surface area contributed by atoms with E-state index in [0.29, 0.717) is 10.7 Å². The topological polar surface area (TPSA) is 101 Å². The first-order valence-corrected chi connectivity index (χ1v) is 8.38. The van der Waals surface area contributed by atoms with Crippen molar-refractivity contribution in [2.24, 2.45) is 0 Å². The van der Waals surface area contributed by atoms with E-state index >= 15 is 0 Å². The van der Waals surface area contributed by atoms with Gasteiger partial charge in [0.25, 0.3) is 11.6 Å². The van der Waals surface area contributed by atoms with E-state index in [2.05, 4.69) is 6.58 Å². The number of nitrogens with zero attached hydrogens (tertiary/aromatic N) is 2. The van der Waals surface area contributed by atoms with Crippen LogP contribution in [-0.4, -0.2) is 28.3 Å². The first-order chi connectivity index (χ1) is 12.8. The number of carbonyl (C=O) groups excluding carboxylic acids is 2. The number of hydrogen-bond donors (Lipinski definition) is 1. The number of rotatable bonds is 6. The van der Waals surface area contributed by atoms with E-state index in [1.807, 2.05) is 0 Å². The van der Waals surface area contributed by atoms with E-state index in [1.54, 1.807) is 12.1 Å². The lowest BCUT2D eigenvalue weighted by Crippen LogP contribution is -2.41. The van der Waals surface area contributed by atoms with Crippen LogP contribution in [0.2, 0.25) is 5.02 Å². The van der Waals surface area contributed by atoms with Crippen molar-refractivity contribution in [2.75, 3.05) is 11.4 Å². The number of Topliss-reactive ketones (excluding diaryl/α,β-unsaturated/α-hetero) is 1. The highest BCUT2D eigenvalue weighted by atomic mass is 35.5. The Labute approximate surface area is 159 Å². The quantitative estimate of drug-likeness (QED) is 0.355. The lowest BCUT2D eigenvalue weighted by atomic mass is 9.88. The molecule has 1 N–H and O–H groups in total. The third-order valence-electron chi connectivity index (χ3n) is 4.40. The lowest BCUT2D eigenvalue weighted by Gasteiger charge is -2.22. The zero-order chi connectivity index (χ0) is 19.8. The van der Waals surface area contributed by atoms with Gasteiger partial charge in [-0.3, -0.25) is 19.7 Å². The van der Waals surface area contributed by atoms with Gasteiger partial charge in [-0.15, -0.1) is 6.58 Å². The summed E-state index contributed by atoms with van der Waals surface area (Å²) >= 11 is 6.01. The van der Waals surface area contributed by atoms with Crippen molar-refractivity contribution in [3.63, 3.8) is 0 Å². The van der Waals surface area contributed by atoms with Gasteiger partial charge in [0, 0.05) is 34.8 Å². The van der Waals surface area contributed by atoms with Crippen LogP contribution in [0, 0.1) is 10.1 Å². The molecule has 0 aromatic heterocycles. The number of nitro groups is 1. The maximum atomic E-state index is 12.9. The van der Waals surface area contributed by atoms with Crippen LogP contribution >= 0.6 is 11.6 Å². The van der Waals surface area contributed by atoms with Crippen LogP contribution in [0.5, 0.6) is 0 Å². The first-order valence-electron chi connectivity index (χ1n) is 8.01. The third-order valence-corrected chi connectivity index (χ3v) is 4.64. The molecule has 2 aromatic carbocycles. The molecule has 1 atom stereocenters. The first kappa shape index (κ1) is 18.8. The summed E-state index contributed by atoms with van der Waals surface area (Å²) in [7, 11) is 0. The number of fused-ring (bicyclic) bond motifs is 1. The van der Waals surface area contributed by atoms with E-state index in [4.69, 9.17) is 11.6 Å². The Hall–Kier alpha value is -3.03. The van der Waals surface area contributed by atoms with E-state index in [1.165, 1.54) is 35.2 Å². The van der Waals surface area contributed by atoms with Gasteiger partial charge in [-0.1, -0.05) is 29.8 Å². The molecule has 27 heavy (non-hydrogen) atoms. The number of amides is 1. The zero-order valence-electron chi connectivity index (χ0n) is 14.1. The van der Waals surface area contributed by atoms with Gasteiger partial charge >= 0.3 is 0 Å². The fraction of sp³-hybridized carbons (Fsp3) is 0.158. The number of anilines is 1. The minimum absolute atomic E-state index is 0.0381. The summed E-state index contributed by atoms with van der Waals surface area (Å²) in [5.74, 6) is -1.26. The molecular formula is C19H15ClN2O5. The maximum Gasteiger partial charge on any atom is 0.270 e. The Morgan fingerprint density at radius 3 is 2.74 bits per heavy atom. The summed E-state index contributed by atoms with van der Waals surface area (Å²) in [6, 6.07) is 9.77. The number of non-ortho nitro benzene ring substituents is 1. The van der Waals surface area contributed by atoms with Crippen molar-refractivity contribution in [2.45, 2.75) is 12.0 Å². The average Bonchev–Trinajstić information content (AvgIpc) is 2.84. The van der Waals surface area contributed by atoms with E-state index < -0.39 is 28.6 Å². The van der Waals surface area contributed by atoms with E-state index in [-0.39, 0.29) is 23.4 Å². The van der Waals surface area contributed by atoms with Crippen LogP contribution in [0.4, 0.5) is 11.4 Å². The van der Waals surface area contributed by atoms with Crippen molar-refractivity contribution in [1.29, 1.82) is 0 Å². The highest BCUT2D eigenvalue weighted by Gasteiger charge is 2.50. The summed E-state index contributed by atoms with van der Waals surface area (Å²) in [5, 5.41) is 22.3. The Kier molecular flexibility index (Phi) is 4.82. The second kappa shape index (κ2) is 6.94. The molecule has 0 bridgehead atoms. The molecule has 1 amide bonds.